The first kappa shape index (κ1) is 12.4. The van der Waals surface area contributed by atoms with Gasteiger partial charge in [0.05, 0.1) is 11.4 Å². The zero-order valence-corrected chi connectivity index (χ0v) is 10.6. The van der Waals surface area contributed by atoms with E-state index in [1.165, 1.54) is 6.07 Å². The molecule has 18 heavy (non-hydrogen) atoms. The number of aromatic nitrogens is 1. The molecular weight excluding hydrogens is 249 g/mol. The van der Waals surface area contributed by atoms with Crippen molar-refractivity contribution in [1.82, 2.24) is 4.98 Å². The molecule has 0 amide bonds. The van der Waals surface area contributed by atoms with Gasteiger partial charge in [-0.25, -0.2) is 4.39 Å². The van der Waals surface area contributed by atoms with Gasteiger partial charge in [0, 0.05) is 18.9 Å². The standard InChI is InChI=1S/C13H12FN3S/c1-17(12-5-3-2-4-10(12)14)9-6-7-16-11(8-9)13(15)18/h2-8H,1H3,(H2,15,18). The van der Waals surface area contributed by atoms with Gasteiger partial charge in [0.25, 0.3) is 0 Å². The van der Waals surface area contributed by atoms with E-state index in [1.807, 2.05) is 0 Å². The fraction of sp³-hybridized carbons (Fsp3) is 0.0769. The smallest absolute Gasteiger partial charge is 0.146 e. The number of halogens is 1. The number of thiocarbonyl (C=S) groups is 1. The van der Waals surface area contributed by atoms with Crippen LogP contribution in [0.4, 0.5) is 15.8 Å². The van der Waals surface area contributed by atoms with Crippen molar-refractivity contribution in [2.75, 3.05) is 11.9 Å². The van der Waals surface area contributed by atoms with Crippen molar-refractivity contribution in [3.8, 4) is 0 Å². The minimum atomic E-state index is -0.284. The number of para-hydroxylation sites is 1. The molecule has 1 aromatic heterocycles. The molecule has 0 atom stereocenters. The Morgan fingerprint density at radius 3 is 2.72 bits per heavy atom. The highest BCUT2D eigenvalue weighted by atomic mass is 32.1. The molecule has 2 rings (SSSR count). The van der Waals surface area contributed by atoms with Gasteiger partial charge in [0.1, 0.15) is 10.8 Å². The predicted molar refractivity (Wildman–Crippen MR) is 74.6 cm³/mol. The summed E-state index contributed by atoms with van der Waals surface area (Å²) >= 11 is 4.87. The fourth-order valence-electron chi connectivity index (χ4n) is 1.63. The fourth-order valence-corrected chi connectivity index (χ4v) is 1.74. The molecule has 0 spiro atoms. The number of nitrogens with zero attached hydrogens (tertiary/aromatic N) is 2. The number of rotatable bonds is 3. The van der Waals surface area contributed by atoms with Crippen LogP contribution in [-0.2, 0) is 0 Å². The van der Waals surface area contributed by atoms with Crippen LogP contribution < -0.4 is 10.6 Å². The summed E-state index contributed by atoms with van der Waals surface area (Å²) < 4.78 is 13.7. The van der Waals surface area contributed by atoms with E-state index >= 15 is 0 Å². The normalized spacial score (nSPS) is 10.1. The minimum Gasteiger partial charge on any atom is -0.388 e. The molecule has 0 aliphatic carbocycles. The van der Waals surface area contributed by atoms with Crippen LogP contribution in [0.1, 0.15) is 5.69 Å². The molecule has 0 bridgehead atoms. The second-order valence-electron chi connectivity index (χ2n) is 3.77. The van der Waals surface area contributed by atoms with Crippen LogP contribution >= 0.6 is 12.2 Å². The number of anilines is 2. The number of nitrogens with two attached hydrogens (primary N) is 1. The van der Waals surface area contributed by atoms with Crippen LogP contribution in [-0.4, -0.2) is 17.0 Å². The summed E-state index contributed by atoms with van der Waals surface area (Å²) in [5, 5.41) is 0. The van der Waals surface area contributed by atoms with E-state index in [0.29, 0.717) is 11.4 Å². The predicted octanol–water partition coefficient (Wildman–Crippen LogP) is 2.62. The summed E-state index contributed by atoms with van der Waals surface area (Å²) in [5.41, 5.74) is 7.31. The Balaban J connectivity index is 2.40. The molecule has 0 aliphatic rings. The van der Waals surface area contributed by atoms with Crippen molar-refractivity contribution in [2.45, 2.75) is 0 Å². The lowest BCUT2D eigenvalue weighted by molar-refractivity contribution is 0.627. The Hall–Kier alpha value is -2.01. The maximum Gasteiger partial charge on any atom is 0.146 e. The number of pyridine rings is 1. The minimum absolute atomic E-state index is 0.221. The Morgan fingerprint density at radius 2 is 2.06 bits per heavy atom. The van der Waals surface area contributed by atoms with Crippen LogP contribution in [0.5, 0.6) is 0 Å². The molecule has 0 fully saturated rings. The first-order chi connectivity index (χ1) is 8.59. The lowest BCUT2D eigenvalue weighted by atomic mass is 10.2. The summed E-state index contributed by atoms with van der Waals surface area (Å²) in [6, 6.07) is 10.1. The zero-order valence-electron chi connectivity index (χ0n) is 9.80. The van der Waals surface area contributed by atoms with Gasteiger partial charge in [-0.1, -0.05) is 24.4 Å². The van der Waals surface area contributed by atoms with Crippen molar-refractivity contribution in [1.29, 1.82) is 0 Å². The van der Waals surface area contributed by atoms with E-state index in [9.17, 15) is 4.39 Å². The van der Waals surface area contributed by atoms with E-state index in [2.05, 4.69) is 4.98 Å². The average molecular weight is 261 g/mol. The number of benzene rings is 1. The van der Waals surface area contributed by atoms with Gasteiger partial charge >= 0.3 is 0 Å². The molecule has 0 aliphatic heterocycles. The quantitative estimate of drug-likeness (QED) is 0.862. The highest BCUT2D eigenvalue weighted by Gasteiger charge is 2.09. The van der Waals surface area contributed by atoms with E-state index in [-0.39, 0.29) is 10.8 Å². The summed E-state index contributed by atoms with van der Waals surface area (Å²) in [6.07, 6.45) is 1.60. The van der Waals surface area contributed by atoms with Gasteiger partial charge in [-0.3, -0.25) is 4.98 Å². The molecule has 92 valence electrons. The van der Waals surface area contributed by atoms with E-state index in [0.717, 1.165) is 5.69 Å². The summed E-state index contributed by atoms with van der Waals surface area (Å²) in [6.45, 7) is 0. The van der Waals surface area contributed by atoms with Crippen molar-refractivity contribution in [3.63, 3.8) is 0 Å². The van der Waals surface area contributed by atoms with Gasteiger partial charge in [0.2, 0.25) is 0 Å². The average Bonchev–Trinajstić information content (AvgIpc) is 2.38. The van der Waals surface area contributed by atoms with Gasteiger partial charge in [-0.05, 0) is 24.3 Å². The SMILES string of the molecule is CN(c1ccnc(C(N)=S)c1)c1ccccc1F. The van der Waals surface area contributed by atoms with Gasteiger partial charge < -0.3 is 10.6 Å². The molecular formula is C13H12FN3S. The van der Waals surface area contributed by atoms with E-state index in [4.69, 9.17) is 18.0 Å². The highest BCUT2D eigenvalue weighted by molar-refractivity contribution is 7.80. The lowest BCUT2D eigenvalue weighted by Crippen LogP contribution is -2.15. The van der Waals surface area contributed by atoms with E-state index < -0.39 is 0 Å². The van der Waals surface area contributed by atoms with Crippen LogP contribution in [0.3, 0.4) is 0 Å². The maximum absolute atomic E-state index is 13.7. The summed E-state index contributed by atoms with van der Waals surface area (Å²) in [5.74, 6) is -0.284. The molecule has 1 heterocycles. The third-order valence-corrected chi connectivity index (χ3v) is 2.81. The monoisotopic (exact) mass is 261 g/mol. The Kier molecular flexibility index (Phi) is 3.53. The molecule has 0 unspecified atom stereocenters. The first-order valence-electron chi connectivity index (χ1n) is 5.33. The van der Waals surface area contributed by atoms with Crippen molar-refractivity contribution < 1.29 is 4.39 Å². The Bertz CT molecular complexity index is 586. The molecule has 2 aromatic rings. The third-order valence-electron chi connectivity index (χ3n) is 2.60. The lowest BCUT2D eigenvalue weighted by Gasteiger charge is -2.20. The molecule has 5 heteroatoms. The molecule has 3 nitrogen and oxygen atoms in total. The summed E-state index contributed by atoms with van der Waals surface area (Å²) in [7, 11) is 1.77. The van der Waals surface area contributed by atoms with Crippen molar-refractivity contribution in [2.24, 2.45) is 5.73 Å². The van der Waals surface area contributed by atoms with Crippen molar-refractivity contribution in [3.05, 3.63) is 54.1 Å². The molecule has 0 radical (unpaired) electrons. The van der Waals surface area contributed by atoms with E-state index in [1.54, 1.807) is 48.5 Å². The van der Waals surface area contributed by atoms with Gasteiger partial charge in [-0.2, -0.15) is 0 Å². The molecule has 0 saturated carbocycles. The second kappa shape index (κ2) is 5.10. The largest absolute Gasteiger partial charge is 0.388 e. The van der Waals surface area contributed by atoms with Gasteiger partial charge in [0.15, 0.2) is 0 Å². The van der Waals surface area contributed by atoms with Crippen LogP contribution in [0.15, 0.2) is 42.6 Å². The molecule has 1 aromatic carbocycles. The Labute approximate surface area is 110 Å². The first-order valence-corrected chi connectivity index (χ1v) is 5.74. The number of hydrogen-bond acceptors (Lipinski definition) is 3. The van der Waals surface area contributed by atoms with Crippen LogP contribution in [0, 0.1) is 5.82 Å². The highest BCUT2D eigenvalue weighted by Crippen LogP contribution is 2.25. The number of hydrogen-bond donors (Lipinski definition) is 1. The zero-order chi connectivity index (χ0) is 13.1. The van der Waals surface area contributed by atoms with Gasteiger partial charge in [-0.15, -0.1) is 0 Å². The molecule has 0 saturated heterocycles. The topological polar surface area (TPSA) is 42.2 Å². The van der Waals surface area contributed by atoms with Crippen LogP contribution in [0.25, 0.3) is 0 Å². The third kappa shape index (κ3) is 2.46. The maximum atomic E-state index is 13.7. The van der Waals surface area contributed by atoms with Crippen molar-refractivity contribution >= 4 is 28.6 Å². The molecule has 2 N–H and O–H groups in total. The van der Waals surface area contributed by atoms with Crippen LogP contribution in [0.2, 0.25) is 0 Å². The Morgan fingerprint density at radius 1 is 1.33 bits per heavy atom. The second-order valence-corrected chi connectivity index (χ2v) is 4.21. The summed E-state index contributed by atoms with van der Waals surface area (Å²) in [4.78, 5) is 5.99.